The molecule has 0 radical (unpaired) electrons. The van der Waals surface area contributed by atoms with E-state index in [2.05, 4.69) is 5.32 Å². The first-order valence-electron chi connectivity index (χ1n) is 11.6. The number of Topliss-reactive ketones (excluding diaryl/α,β-unsaturated/α-hetero) is 1. The summed E-state index contributed by atoms with van der Waals surface area (Å²) in [6.07, 6.45) is 5.04. The van der Waals surface area contributed by atoms with Crippen molar-refractivity contribution in [3.8, 4) is 0 Å². The molecular weight excluding hydrogens is 425 g/mol. The van der Waals surface area contributed by atoms with Gasteiger partial charge in [0, 0.05) is 22.9 Å². The summed E-state index contributed by atoms with van der Waals surface area (Å²) in [5.41, 5.74) is 2.33. The van der Waals surface area contributed by atoms with Gasteiger partial charge in [0.1, 0.15) is 17.8 Å². The zero-order valence-electron chi connectivity index (χ0n) is 19.3. The number of allylic oxidation sites excluding steroid dienone is 3. The summed E-state index contributed by atoms with van der Waals surface area (Å²) in [6, 6.07) is 5.90. The predicted molar refractivity (Wildman–Crippen MR) is 119 cm³/mol. The Morgan fingerprint density at radius 2 is 1.88 bits per heavy atom. The van der Waals surface area contributed by atoms with Crippen LogP contribution in [-0.4, -0.2) is 30.9 Å². The van der Waals surface area contributed by atoms with Crippen LogP contribution in [0, 0.1) is 17.7 Å². The van der Waals surface area contributed by atoms with Crippen molar-refractivity contribution in [1.29, 1.82) is 0 Å². The van der Waals surface area contributed by atoms with E-state index in [0.29, 0.717) is 29.0 Å². The molecule has 1 aliphatic heterocycles. The van der Waals surface area contributed by atoms with Crippen LogP contribution >= 0.6 is 0 Å². The number of carbonyl (C=O) groups is 3. The van der Waals surface area contributed by atoms with Crippen molar-refractivity contribution in [1.82, 2.24) is 5.32 Å². The second-order valence-electron chi connectivity index (χ2n) is 9.26. The Balaban J connectivity index is 1.78. The maximum absolute atomic E-state index is 14.2. The van der Waals surface area contributed by atoms with Crippen molar-refractivity contribution in [3.63, 3.8) is 0 Å². The third kappa shape index (κ3) is 4.45. The third-order valence-electron chi connectivity index (χ3n) is 6.97. The molecule has 0 amide bonds. The number of carbonyl (C=O) groups excluding carboxylic acids is 3. The van der Waals surface area contributed by atoms with Gasteiger partial charge in [0.2, 0.25) is 0 Å². The number of ketones is 1. The van der Waals surface area contributed by atoms with Crippen LogP contribution in [0.1, 0.15) is 63.9 Å². The van der Waals surface area contributed by atoms with Crippen molar-refractivity contribution < 1.29 is 28.2 Å². The van der Waals surface area contributed by atoms with E-state index in [4.69, 9.17) is 9.47 Å². The molecule has 2 aliphatic carbocycles. The van der Waals surface area contributed by atoms with Crippen LogP contribution < -0.4 is 5.32 Å². The van der Waals surface area contributed by atoms with Crippen LogP contribution in [-0.2, 0) is 23.9 Å². The van der Waals surface area contributed by atoms with Gasteiger partial charge in [0.05, 0.1) is 12.7 Å². The molecule has 7 heteroatoms. The summed E-state index contributed by atoms with van der Waals surface area (Å²) in [5.74, 6) is -4.03. The number of hydrogen-bond donors (Lipinski definition) is 1. The van der Waals surface area contributed by atoms with Crippen LogP contribution in [0.5, 0.6) is 0 Å². The SMILES string of the molecule is COC(=O)C1C(=O)C2=C(CC1C)NC(C)=C(C(=O)OC1CCCCC1)C2c1cccc(F)c1. The number of hydrogen-bond acceptors (Lipinski definition) is 6. The lowest BCUT2D eigenvalue weighted by atomic mass is 9.69. The lowest BCUT2D eigenvalue weighted by Gasteiger charge is -2.38. The molecule has 1 N–H and O–H groups in total. The van der Waals surface area contributed by atoms with Gasteiger partial charge in [-0.2, -0.15) is 0 Å². The first-order chi connectivity index (χ1) is 15.8. The molecule has 1 saturated carbocycles. The van der Waals surface area contributed by atoms with Crippen molar-refractivity contribution in [2.75, 3.05) is 7.11 Å². The Kier molecular flexibility index (Phi) is 6.68. The van der Waals surface area contributed by atoms with E-state index in [0.717, 1.165) is 32.1 Å². The fraction of sp³-hybridized carbons (Fsp3) is 0.500. The van der Waals surface area contributed by atoms with Gasteiger partial charge in [-0.1, -0.05) is 25.5 Å². The van der Waals surface area contributed by atoms with E-state index in [9.17, 15) is 18.8 Å². The summed E-state index contributed by atoms with van der Waals surface area (Å²) in [4.78, 5) is 39.5. The number of rotatable bonds is 4. The minimum atomic E-state index is -0.972. The second kappa shape index (κ2) is 9.49. The van der Waals surface area contributed by atoms with Gasteiger partial charge < -0.3 is 14.8 Å². The molecule has 0 saturated heterocycles. The maximum atomic E-state index is 14.2. The van der Waals surface area contributed by atoms with E-state index in [1.54, 1.807) is 19.1 Å². The molecule has 0 bridgehead atoms. The highest BCUT2D eigenvalue weighted by Crippen LogP contribution is 2.45. The first-order valence-corrected chi connectivity index (χ1v) is 11.6. The van der Waals surface area contributed by atoms with Crippen LogP contribution in [0.4, 0.5) is 4.39 Å². The molecule has 3 atom stereocenters. The van der Waals surface area contributed by atoms with Crippen molar-refractivity contribution in [2.45, 2.75) is 64.4 Å². The number of nitrogens with one attached hydrogen (secondary N) is 1. The smallest absolute Gasteiger partial charge is 0.337 e. The monoisotopic (exact) mass is 455 g/mol. The van der Waals surface area contributed by atoms with E-state index in [-0.39, 0.29) is 17.6 Å². The number of methoxy groups -OCH3 is 1. The largest absolute Gasteiger partial charge is 0.468 e. The Morgan fingerprint density at radius 1 is 1.15 bits per heavy atom. The van der Waals surface area contributed by atoms with Crippen molar-refractivity contribution in [2.24, 2.45) is 11.8 Å². The lowest BCUT2D eigenvalue weighted by Crippen LogP contribution is -2.43. The molecule has 1 aromatic carbocycles. The summed E-state index contributed by atoms with van der Waals surface area (Å²) in [7, 11) is 1.26. The summed E-state index contributed by atoms with van der Waals surface area (Å²) >= 11 is 0. The lowest BCUT2D eigenvalue weighted by molar-refractivity contribution is -0.151. The van der Waals surface area contributed by atoms with Gasteiger partial charge in [0.25, 0.3) is 0 Å². The third-order valence-corrected chi connectivity index (χ3v) is 6.97. The molecule has 0 spiro atoms. The van der Waals surface area contributed by atoms with Crippen LogP contribution in [0.3, 0.4) is 0 Å². The molecular formula is C26H30FNO5. The minimum Gasteiger partial charge on any atom is -0.468 e. The van der Waals surface area contributed by atoms with Crippen molar-refractivity contribution in [3.05, 3.63) is 58.2 Å². The van der Waals surface area contributed by atoms with Gasteiger partial charge in [-0.25, -0.2) is 9.18 Å². The van der Waals surface area contributed by atoms with Gasteiger partial charge >= 0.3 is 11.9 Å². The zero-order chi connectivity index (χ0) is 23.7. The molecule has 1 aromatic rings. The summed E-state index contributed by atoms with van der Waals surface area (Å²) < 4.78 is 25.0. The van der Waals surface area contributed by atoms with E-state index >= 15 is 0 Å². The van der Waals surface area contributed by atoms with Gasteiger partial charge in [0.15, 0.2) is 5.78 Å². The quantitative estimate of drug-likeness (QED) is 0.538. The Morgan fingerprint density at radius 3 is 2.55 bits per heavy atom. The Hall–Kier alpha value is -2.96. The number of dihydropyridines is 1. The maximum Gasteiger partial charge on any atom is 0.337 e. The highest BCUT2D eigenvalue weighted by Gasteiger charge is 2.47. The highest BCUT2D eigenvalue weighted by atomic mass is 19.1. The molecule has 1 heterocycles. The average molecular weight is 456 g/mol. The van der Waals surface area contributed by atoms with Gasteiger partial charge in [-0.15, -0.1) is 0 Å². The molecule has 0 aromatic heterocycles. The number of esters is 2. The van der Waals surface area contributed by atoms with Crippen molar-refractivity contribution >= 4 is 17.7 Å². The molecule has 33 heavy (non-hydrogen) atoms. The fourth-order valence-corrected chi connectivity index (χ4v) is 5.37. The van der Waals surface area contributed by atoms with E-state index in [1.165, 1.54) is 19.2 Å². The number of benzene rings is 1. The molecule has 1 fully saturated rings. The predicted octanol–water partition coefficient (Wildman–Crippen LogP) is 4.31. The Bertz CT molecular complexity index is 1040. The standard InChI is InChI=1S/C26H30FNO5/c1-14-12-19-23(24(29)20(14)25(30)32-3)22(16-8-7-9-17(27)13-16)21(15(2)28-19)26(31)33-18-10-5-4-6-11-18/h7-9,13-14,18,20,22,28H,4-6,10-12H2,1-3H3. The molecule has 4 rings (SSSR count). The number of ether oxygens (including phenoxy) is 2. The molecule has 6 nitrogen and oxygen atoms in total. The Labute approximate surface area is 193 Å². The molecule has 3 unspecified atom stereocenters. The van der Waals surface area contributed by atoms with E-state index in [1.807, 2.05) is 6.92 Å². The second-order valence-corrected chi connectivity index (χ2v) is 9.26. The highest BCUT2D eigenvalue weighted by molar-refractivity contribution is 6.12. The number of halogens is 1. The van der Waals surface area contributed by atoms with E-state index < -0.39 is 35.4 Å². The topological polar surface area (TPSA) is 81.7 Å². The molecule has 3 aliphatic rings. The summed E-state index contributed by atoms with van der Waals surface area (Å²) in [6.45, 7) is 3.60. The van der Waals surface area contributed by atoms with Gasteiger partial charge in [-0.3, -0.25) is 9.59 Å². The van der Waals surface area contributed by atoms with Crippen LogP contribution in [0.15, 0.2) is 46.8 Å². The minimum absolute atomic E-state index is 0.167. The average Bonchev–Trinajstić information content (AvgIpc) is 2.78. The molecule has 176 valence electrons. The first kappa shape index (κ1) is 23.2. The van der Waals surface area contributed by atoms with Crippen LogP contribution in [0.25, 0.3) is 0 Å². The zero-order valence-corrected chi connectivity index (χ0v) is 19.3. The van der Waals surface area contributed by atoms with Crippen LogP contribution in [0.2, 0.25) is 0 Å². The normalized spacial score (nSPS) is 25.9. The van der Waals surface area contributed by atoms with Gasteiger partial charge in [-0.05, 0) is 62.6 Å². The summed E-state index contributed by atoms with van der Waals surface area (Å²) in [5, 5.41) is 3.23. The fourth-order valence-electron chi connectivity index (χ4n) is 5.37.